The molecule has 3 rings (SSSR count). The molecule has 0 aliphatic rings. The lowest BCUT2D eigenvalue weighted by Gasteiger charge is -2.12. The van der Waals surface area contributed by atoms with Gasteiger partial charge in [0.05, 0.1) is 11.3 Å². The predicted molar refractivity (Wildman–Crippen MR) is 83.6 cm³/mol. The molecule has 0 atom stereocenters. The first kappa shape index (κ1) is 15.3. The number of aromatic amines is 1. The van der Waals surface area contributed by atoms with Gasteiger partial charge in [0.1, 0.15) is 0 Å². The molecule has 0 fully saturated rings. The van der Waals surface area contributed by atoms with Crippen molar-refractivity contribution >= 4 is 17.2 Å². The van der Waals surface area contributed by atoms with Crippen molar-refractivity contribution in [2.45, 2.75) is 20.0 Å². The second-order valence-electron chi connectivity index (χ2n) is 5.52. The fraction of sp³-hybridized carbons (Fsp3) is 0.167. The topological polar surface area (TPSA) is 32.9 Å². The summed E-state index contributed by atoms with van der Waals surface area (Å²) in [5.41, 5.74) is 2.11. The zero-order valence-corrected chi connectivity index (χ0v) is 12.6. The van der Waals surface area contributed by atoms with Crippen LogP contribution in [0.4, 0.5) is 13.2 Å². The van der Waals surface area contributed by atoms with Gasteiger partial charge in [-0.25, -0.2) is 0 Å². The van der Waals surface area contributed by atoms with Crippen molar-refractivity contribution in [1.29, 1.82) is 0 Å². The van der Waals surface area contributed by atoms with Crippen molar-refractivity contribution in [1.82, 2.24) is 4.98 Å². The van der Waals surface area contributed by atoms with E-state index >= 15 is 0 Å². The monoisotopic (exact) mass is 317 g/mol. The molecule has 2 aromatic carbocycles. The standard InChI is InChI=1S/C18H14F3NO/c1-10-7-8-11(2)16-15(10)13(9-23)17(22-16)12-5-3-4-6-14(12)18(19,20)21/h3-9,22H,1-2H3. The number of nitrogens with one attached hydrogen (secondary N) is 1. The molecule has 5 heteroatoms. The maximum atomic E-state index is 13.3. The number of aldehydes is 1. The average molecular weight is 317 g/mol. The Bertz CT molecular complexity index is 907. The number of aryl methyl sites for hydroxylation is 2. The van der Waals surface area contributed by atoms with Crippen molar-refractivity contribution in [3.05, 3.63) is 58.7 Å². The van der Waals surface area contributed by atoms with E-state index in [1.54, 1.807) is 0 Å². The summed E-state index contributed by atoms with van der Waals surface area (Å²) in [7, 11) is 0. The third kappa shape index (κ3) is 2.42. The fourth-order valence-corrected chi connectivity index (χ4v) is 2.92. The van der Waals surface area contributed by atoms with Gasteiger partial charge in [0.2, 0.25) is 0 Å². The van der Waals surface area contributed by atoms with Gasteiger partial charge < -0.3 is 4.98 Å². The minimum atomic E-state index is -4.49. The molecule has 0 saturated heterocycles. The van der Waals surface area contributed by atoms with Crippen LogP contribution in [0.5, 0.6) is 0 Å². The van der Waals surface area contributed by atoms with Crippen molar-refractivity contribution in [2.75, 3.05) is 0 Å². The second-order valence-corrected chi connectivity index (χ2v) is 5.52. The van der Waals surface area contributed by atoms with E-state index in [0.717, 1.165) is 17.2 Å². The van der Waals surface area contributed by atoms with Gasteiger partial charge in [-0.1, -0.05) is 30.3 Å². The number of carbonyl (C=O) groups is 1. The Labute approximate surface area is 130 Å². The number of hydrogen-bond acceptors (Lipinski definition) is 1. The Morgan fingerprint density at radius 1 is 1.00 bits per heavy atom. The van der Waals surface area contributed by atoms with Crippen molar-refractivity contribution in [3.8, 4) is 11.3 Å². The van der Waals surface area contributed by atoms with Gasteiger partial charge in [-0.05, 0) is 31.0 Å². The first-order chi connectivity index (χ1) is 10.8. The van der Waals surface area contributed by atoms with Crippen LogP contribution in [0.3, 0.4) is 0 Å². The van der Waals surface area contributed by atoms with Crippen molar-refractivity contribution in [3.63, 3.8) is 0 Å². The lowest BCUT2D eigenvalue weighted by molar-refractivity contribution is -0.137. The van der Waals surface area contributed by atoms with Gasteiger partial charge in [-0.15, -0.1) is 0 Å². The lowest BCUT2D eigenvalue weighted by atomic mass is 9.98. The van der Waals surface area contributed by atoms with Crippen LogP contribution in [0.25, 0.3) is 22.2 Å². The summed E-state index contributed by atoms with van der Waals surface area (Å²) in [6.45, 7) is 3.69. The second kappa shape index (κ2) is 5.26. The van der Waals surface area contributed by atoms with E-state index in [1.165, 1.54) is 18.2 Å². The molecule has 0 bridgehead atoms. The highest BCUT2D eigenvalue weighted by atomic mass is 19.4. The number of halogens is 3. The molecule has 0 saturated carbocycles. The largest absolute Gasteiger partial charge is 0.417 e. The predicted octanol–water partition coefficient (Wildman–Crippen LogP) is 5.28. The lowest BCUT2D eigenvalue weighted by Crippen LogP contribution is -2.07. The quantitative estimate of drug-likeness (QED) is 0.641. The summed E-state index contributed by atoms with van der Waals surface area (Å²) >= 11 is 0. The molecule has 0 unspecified atom stereocenters. The molecule has 0 amide bonds. The average Bonchev–Trinajstić information content (AvgIpc) is 2.91. The molecule has 1 N–H and O–H groups in total. The molecule has 118 valence electrons. The Hall–Kier alpha value is -2.56. The molecule has 1 heterocycles. The van der Waals surface area contributed by atoms with Gasteiger partial charge in [0, 0.05) is 22.0 Å². The van der Waals surface area contributed by atoms with Crippen LogP contribution < -0.4 is 0 Å². The Morgan fingerprint density at radius 2 is 1.65 bits per heavy atom. The van der Waals surface area contributed by atoms with Gasteiger partial charge in [0.15, 0.2) is 6.29 Å². The molecule has 0 aliphatic carbocycles. The minimum Gasteiger partial charge on any atom is -0.354 e. The number of alkyl halides is 3. The van der Waals surface area contributed by atoms with Crippen LogP contribution in [0.1, 0.15) is 27.0 Å². The summed E-state index contributed by atoms with van der Waals surface area (Å²) in [5.74, 6) is 0. The molecular weight excluding hydrogens is 303 g/mol. The third-order valence-electron chi connectivity index (χ3n) is 4.03. The van der Waals surface area contributed by atoms with Crippen LogP contribution in [0.15, 0.2) is 36.4 Å². The van der Waals surface area contributed by atoms with Gasteiger partial charge in [0.25, 0.3) is 0 Å². The highest BCUT2D eigenvalue weighted by molar-refractivity contribution is 6.07. The Morgan fingerprint density at radius 3 is 2.30 bits per heavy atom. The third-order valence-corrected chi connectivity index (χ3v) is 4.03. The summed E-state index contributed by atoms with van der Waals surface area (Å²) in [4.78, 5) is 14.6. The molecular formula is C18H14F3NO. The number of carbonyl (C=O) groups excluding carboxylic acids is 1. The van der Waals surface area contributed by atoms with E-state index in [0.29, 0.717) is 17.2 Å². The van der Waals surface area contributed by atoms with E-state index in [1.807, 2.05) is 26.0 Å². The van der Waals surface area contributed by atoms with E-state index in [4.69, 9.17) is 0 Å². The Kier molecular flexibility index (Phi) is 3.51. The SMILES string of the molecule is Cc1ccc(C)c2c(C=O)c(-c3ccccc3C(F)(F)F)[nH]c12. The maximum absolute atomic E-state index is 13.3. The number of rotatable bonds is 2. The van der Waals surface area contributed by atoms with E-state index < -0.39 is 11.7 Å². The summed E-state index contributed by atoms with van der Waals surface area (Å²) in [6, 6.07) is 9.01. The van der Waals surface area contributed by atoms with Crippen molar-refractivity contribution in [2.24, 2.45) is 0 Å². The zero-order chi connectivity index (χ0) is 16.8. The fourth-order valence-electron chi connectivity index (χ4n) is 2.92. The van der Waals surface area contributed by atoms with Crippen molar-refractivity contribution < 1.29 is 18.0 Å². The first-order valence-electron chi connectivity index (χ1n) is 7.08. The van der Waals surface area contributed by atoms with Gasteiger partial charge >= 0.3 is 6.18 Å². The van der Waals surface area contributed by atoms with Crippen LogP contribution in [0.2, 0.25) is 0 Å². The molecule has 3 aromatic rings. The maximum Gasteiger partial charge on any atom is 0.417 e. The van der Waals surface area contributed by atoms with Crippen LogP contribution in [-0.4, -0.2) is 11.3 Å². The minimum absolute atomic E-state index is 0.0166. The van der Waals surface area contributed by atoms with E-state index in [9.17, 15) is 18.0 Å². The van der Waals surface area contributed by atoms with Crippen LogP contribution >= 0.6 is 0 Å². The molecule has 0 radical (unpaired) electrons. The van der Waals surface area contributed by atoms with Crippen LogP contribution in [0, 0.1) is 13.8 Å². The summed E-state index contributed by atoms with van der Waals surface area (Å²) < 4.78 is 39.8. The molecule has 23 heavy (non-hydrogen) atoms. The number of benzene rings is 2. The number of fused-ring (bicyclic) bond motifs is 1. The molecule has 0 aliphatic heterocycles. The molecule has 0 spiro atoms. The van der Waals surface area contributed by atoms with Gasteiger partial charge in [-0.2, -0.15) is 13.2 Å². The Balaban J connectivity index is 2.41. The zero-order valence-electron chi connectivity index (χ0n) is 12.6. The normalized spacial score (nSPS) is 11.9. The summed E-state index contributed by atoms with van der Waals surface area (Å²) in [6.07, 6.45) is -3.87. The van der Waals surface area contributed by atoms with Gasteiger partial charge in [-0.3, -0.25) is 4.79 Å². The highest BCUT2D eigenvalue weighted by Gasteiger charge is 2.34. The van der Waals surface area contributed by atoms with E-state index in [2.05, 4.69) is 4.98 Å². The number of aromatic nitrogens is 1. The first-order valence-corrected chi connectivity index (χ1v) is 7.08. The summed E-state index contributed by atoms with van der Waals surface area (Å²) in [5, 5.41) is 0.673. The number of H-pyrrole nitrogens is 1. The van der Waals surface area contributed by atoms with Crippen LogP contribution in [-0.2, 0) is 6.18 Å². The molecule has 2 nitrogen and oxygen atoms in total. The highest BCUT2D eigenvalue weighted by Crippen LogP contribution is 2.40. The number of hydrogen-bond donors (Lipinski definition) is 1. The smallest absolute Gasteiger partial charge is 0.354 e. The van der Waals surface area contributed by atoms with E-state index in [-0.39, 0.29) is 16.8 Å². The molecule has 1 aromatic heterocycles.